The molecule has 0 N–H and O–H groups in total. The zero-order valence-electron chi connectivity index (χ0n) is 35.9. The molecule has 2 heterocycles. The van der Waals surface area contributed by atoms with Gasteiger partial charge in [-0.2, -0.15) is 0 Å². The highest BCUT2D eigenvalue weighted by atomic mass is 32.1. The Morgan fingerprint density at radius 2 is 0.864 bits per heavy atom. The highest BCUT2D eigenvalue weighted by molar-refractivity contribution is 7.25. The van der Waals surface area contributed by atoms with Crippen molar-refractivity contribution in [3.63, 3.8) is 0 Å². The molecule has 0 amide bonds. The van der Waals surface area contributed by atoms with Crippen LogP contribution in [0, 0.1) is 0 Å². The van der Waals surface area contributed by atoms with Gasteiger partial charge < -0.3 is 0 Å². The second-order valence-corrected chi connectivity index (χ2v) is 18.4. The van der Waals surface area contributed by atoms with Crippen LogP contribution in [0.25, 0.3) is 98.2 Å². The maximum atomic E-state index is 5.40. The lowest BCUT2D eigenvalue weighted by atomic mass is 9.67. The molecule has 308 valence electrons. The predicted octanol–water partition coefficient (Wildman–Crippen LogP) is 16.7. The largest absolute Gasteiger partial charge is 0.228 e. The lowest BCUT2D eigenvalue weighted by Crippen LogP contribution is -2.28. The van der Waals surface area contributed by atoms with Crippen LogP contribution in [0.15, 0.2) is 243 Å². The van der Waals surface area contributed by atoms with Gasteiger partial charge >= 0.3 is 0 Å². The number of benzene rings is 10. The van der Waals surface area contributed by atoms with Crippen molar-refractivity contribution in [2.24, 2.45) is 0 Å². The van der Waals surface area contributed by atoms with Crippen molar-refractivity contribution in [3.8, 4) is 67.3 Å². The maximum Gasteiger partial charge on any atom is 0.160 e. The van der Waals surface area contributed by atoms with E-state index in [0.717, 1.165) is 44.8 Å². The van der Waals surface area contributed by atoms with Crippen molar-refractivity contribution in [2.75, 3.05) is 0 Å². The third-order valence-electron chi connectivity index (χ3n) is 13.5. The Bertz CT molecular complexity index is 3780. The Labute approximate surface area is 387 Å². The van der Waals surface area contributed by atoms with Gasteiger partial charge in [0.05, 0.1) is 16.8 Å². The molecule has 2 aromatic heterocycles. The van der Waals surface area contributed by atoms with Crippen LogP contribution in [-0.2, 0) is 5.41 Å². The molecule has 0 aliphatic heterocycles. The molecular weight excluding hydrogens is 817 g/mol. The van der Waals surface area contributed by atoms with Crippen molar-refractivity contribution in [1.82, 2.24) is 9.97 Å². The van der Waals surface area contributed by atoms with Gasteiger partial charge in [0.1, 0.15) is 0 Å². The molecule has 0 bridgehead atoms. The number of thiophene rings is 1. The number of hydrogen-bond donors (Lipinski definition) is 0. The summed E-state index contributed by atoms with van der Waals surface area (Å²) in [6.45, 7) is 0. The highest BCUT2D eigenvalue weighted by Gasteiger charge is 2.46. The molecule has 3 heteroatoms. The molecule has 2 nitrogen and oxygen atoms in total. The van der Waals surface area contributed by atoms with E-state index < -0.39 is 5.41 Å². The van der Waals surface area contributed by atoms with Crippen LogP contribution in [-0.4, -0.2) is 9.97 Å². The van der Waals surface area contributed by atoms with Gasteiger partial charge in [-0.15, -0.1) is 11.3 Å². The number of fused-ring (bicyclic) bond motifs is 7. The van der Waals surface area contributed by atoms with E-state index in [1.54, 1.807) is 0 Å². The molecule has 12 aromatic rings. The summed E-state index contributed by atoms with van der Waals surface area (Å²) < 4.78 is 2.59. The summed E-state index contributed by atoms with van der Waals surface area (Å²) in [5.74, 6) is 0.691. The van der Waals surface area contributed by atoms with Crippen molar-refractivity contribution >= 4 is 42.3 Å². The fourth-order valence-corrected chi connectivity index (χ4v) is 11.6. The minimum absolute atomic E-state index is 0.475. The number of aromatic nitrogens is 2. The lowest BCUT2D eigenvalue weighted by molar-refractivity contribution is 0.768. The monoisotopic (exact) mass is 856 g/mol. The van der Waals surface area contributed by atoms with Crippen molar-refractivity contribution in [1.29, 1.82) is 0 Å². The van der Waals surface area contributed by atoms with Gasteiger partial charge in [-0.1, -0.05) is 194 Å². The summed E-state index contributed by atoms with van der Waals surface area (Å²) in [7, 11) is 0. The molecule has 0 fully saturated rings. The van der Waals surface area contributed by atoms with Gasteiger partial charge in [0.15, 0.2) is 5.82 Å². The molecule has 1 aliphatic carbocycles. The van der Waals surface area contributed by atoms with Crippen molar-refractivity contribution in [2.45, 2.75) is 5.41 Å². The Morgan fingerprint density at radius 3 is 1.64 bits per heavy atom. The average Bonchev–Trinajstić information content (AvgIpc) is 3.92. The molecule has 10 aromatic carbocycles. The predicted molar refractivity (Wildman–Crippen MR) is 277 cm³/mol. The van der Waals surface area contributed by atoms with E-state index in [4.69, 9.17) is 9.97 Å². The van der Waals surface area contributed by atoms with Crippen LogP contribution in [0.5, 0.6) is 0 Å². The Hall–Kier alpha value is -8.24. The average molecular weight is 857 g/mol. The van der Waals surface area contributed by atoms with Gasteiger partial charge in [-0.3, -0.25) is 0 Å². The van der Waals surface area contributed by atoms with E-state index in [1.807, 2.05) is 17.4 Å². The van der Waals surface area contributed by atoms with Crippen LogP contribution < -0.4 is 0 Å². The van der Waals surface area contributed by atoms with Gasteiger partial charge in [0.2, 0.25) is 0 Å². The highest BCUT2D eigenvalue weighted by Crippen LogP contribution is 2.56. The summed E-state index contributed by atoms with van der Waals surface area (Å²) in [6.07, 6.45) is 0. The molecule has 0 saturated heterocycles. The standard InChI is InChI=1S/C63H40N2S/c1-4-17-42(18-5-1)62-64-58(46-31-33-57-55(38-46)52-24-12-14-26-56(52)63(57,50-20-6-2-7-21-50)51-22-8-3-9-23-51)40-59(65-62)49-36-47(44-29-28-41-16-10-11-19-43(41)34-44)35-48(37-49)45-30-32-54-53-25-13-15-27-60(53)66-61(54)39-45/h1-40H. The molecule has 0 radical (unpaired) electrons. The van der Waals surface area contributed by atoms with Gasteiger partial charge in [-0.05, 0) is 115 Å². The number of nitrogens with zero attached hydrogens (tertiary/aromatic N) is 2. The first-order valence-corrected chi connectivity index (χ1v) is 23.4. The van der Waals surface area contributed by atoms with Crippen LogP contribution in [0.1, 0.15) is 22.3 Å². The fraction of sp³-hybridized carbons (Fsp3) is 0.0159. The lowest BCUT2D eigenvalue weighted by Gasteiger charge is -2.33. The van der Waals surface area contributed by atoms with E-state index in [2.05, 4.69) is 237 Å². The normalized spacial score (nSPS) is 12.7. The second-order valence-electron chi connectivity index (χ2n) is 17.3. The molecule has 13 rings (SSSR count). The number of rotatable bonds is 7. The maximum absolute atomic E-state index is 5.40. The molecule has 66 heavy (non-hydrogen) atoms. The van der Waals surface area contributed by atoms with E-state index in [9.17, 15) is 0 Å². The zero-order chi connectivity index (χ0) is 43.6. The van der Waals surface area contributed by atoms with Gasteiger partial charge in [-0.25, -0.2) is 9.97 Å². The minimum atomic E-state index is -0.475. The quantitative estimate of drug-likeness (QED) is 0.160. The summed E-state index contributed by atoms with van der Waals surface area (Å²) >= 11 is 1.85. The summed E-state index contributed by atoms with van der Waals surface area (Å²) in [4.78, 5) is 10.8. The Morgan fingerprint density at radius 1 is 0.303 bits per heavy atom. The first-order chi connectivity index (χ1) is 32.7. The minimum Gasteiger partial charge on any atom is -0.228 e. The third-order valence-corrected chi connectivity index (χ3v) is 14.7. The zero-order valence-corrected chi connectivity index (χ0v) is 36.7. The van der Waals surface area contributed by atoms with Crippen LogP contribution in [0.3, 0.4) is 0 Å². The Balaban J connectivity index is 1.02. The smallest absolute Gasteiger partial charge is 0.160 e. The van der Waals surface area contributed by atoms with E-state index in [-0.39, 0.29) is 0 Å². The molecule has 0 saturated carbocycles. The SMILES string of the molecule is c1ccc(-c2nc(-c3cc(-c4ccc5ccccc5c4)cc(-c4ccc5c(c4)sc4ccccc45)c3)cc(-c3ccc4c(c3)-c3ccccc3C4(c3ccccc3)c3ccccc3)n2)cc1. The van der Waals surface area contributed by atoms with Crippen LogP contribution in [0.4, 0.5) is 0 Å². The van der Waals surface area contributed by atoms with E-state index in [0.29, 0.717) is 5.82 Å². The van der Waals surface area contributed by atoms with E-state index >= 15 is 0 Å². The first-order valence-electron chi connectivity index (χ1n) is 22.5. The summed E-state index contributed by atoms with van der Waals surface area (Å²) in [6, 6.07) is 88.4. The fourth-order valence-electron chi connectivity index (χ4n) is 10.5. The van der Waals surface area contributed by atoms with Gasteiger partial charge in [0.25, 0.3) is 0 Å². The second kappa shape index (κ2) is 15.5. The van der Waals surface area contributed by atoms with Crippen molar-refractivity contribution < 1.29 is 0 Å². The molecule has 0 spiro atoms. The first kappa shape index (κ1) is 38.2. The molecular formula is C63H40N2S. The molecule has 0 unspecified atom stereocenters. The molecule has 0 atom stereocenters. The summed E-state index contributed by atoms with van der Waals surface area (Å²) in [5.41, 5.74) is 16.4. The topological polar surface area (TPSA) is 25.8 Å². The third kappa shape index (κ3) is 6.23. The van der Waals surface area contributed by atoms with Crippen molar-refractivity contribution in [3.05, 3.63) is 265 Å². The van der Waals surface area contributed by atoms with E-state index in [1.165, 1.54) is 69.9 Å². The van der Waals surface area contributed by atoms with Crippen LogP contribution in [0.2, 0.25) is 0 Å². The Kier molecular flexibility index (Phi) is 8.97. The van der Waals surface area contributed by atoms with Crippen LogP contribution >= 0.6 is 11.3 Å². The number of hydrogen-bond acceptors (Lipinski definition) is 3. The molecule has 1 aliphatic rings. The summed E-state index contributed by atoms with van der Waals surface area (Å²) in [5, 5.41) is 5.03. The van der Waals surface area contributed by atoms with Gasteiger partial charge in [0, 0.05) is 36.9 Å².